The van der Waals surface area contributed by atoms with Crippen LogP contribution in [-0.2, 0) is 42.5 Å². The third kappa shape index (κ3) is 23.1. The van der Waals surface area contributed by atoms with Gasteiger partial charge in [-0.05, 0) is 53.8 Å². The number of imide groups is 2. The largest absolute Gasteiger partial charge is 0.335 e. The zero-order valence-electron chi connectivity index (χ0n) is 28.4. The van der Waals surface area contributed by atoms with Gasteiger partial charge in [-0.15, -0.1) is 5.06 Å². The molecule has 2 aliphatic heterocycles. The number of Topliss-reactive ketones (excluding diaryl/α,β-unsaturated/α-hetero) is 1. The number of amides is 4. The molecule has 0 aliphatic carbocycles. The second-order valence-corrected chi connectivity index (χ2v) is 18.8. The second-order valence-electron chi connectivity index (χ2n) is 10.6. The van der Waals surface area contributed by atoms with Gasteiger partial charge in [-0.2, -0.15) is 0 Å². The fraction of sp³-hybridized carbons (Fsp3) is 0.567. The highest BCUT2D eigenvalue weighted by atomic mass is 127. The van der Waals surface area contributed by atoms with Crippen LogP contribution in [0.1, 0.15) is 68.2 Å². The summed E-state index contributed by atoms with van der Waals surface area (Å²) >= 11 is 2.08. The van der Waals surface area contributed by atoms with Crippen molar-refractivity contribution < 1.29 is 42.0 Å². The minimum absolute atomic E-state index is 0.0324. The fourth-order valence-corrected chi connectivity index (χ4v) is 7.65. The molecule has 17 heteroatoms. The van der Waals surface area contributed by atoms with Crippen molar-refractivity contribution in [2.45, 2.75) is 84.5 Å². The van der Waals surface area contributed by atoms with Crippen LogP contribution in [0.3, 0.4) is 0 Å². The lowest BCUT2D eigenvalue weighted by Gasteiger charge is -2.17. The lowest BCUT2D eigenvalue weighted by Crippen LogP contribution is -2.36. The monoisotopic (exact) mass is 847 g/mol. The van der Waals surface area contributed by atoms with Crippen LogP contribution >= 0.6 is 55.0 Å². The Kier molecular flexibility index (Phi) is 25.2. The fourth-order valence-electron chi connectivity index (χ4n) is 2.76. The number of ketones is 1. The van der Waals surface area contributed by atoms with E-state index in [1.54, 1.807) is 41.6 Å². The summed E-state index contributed by atoms with van der Waals surface area (Å²) in [6.07, 6.45) is 7.91. The Morgan fingerprint density at radius 1 is 0.915 bits per heavy atom. The van der Waals surface area contributed by atoms with Gasteiger partial charge in [0.1, 0.15) is 10.8 Å². The molecule has 0 saturated carbocycles. The van der Waals surface area contributed by atoms with Crippen molar-refractivity contribution >= 4 is 99.2 Å². The molecule has 3 heterocycles. The minimum atomic E-state index is -2.81. The number of carbonyl (C=O) groups is 6. The molecule has 3 rings (SSSR count). The summed E-state index contributed by atoms with van der Waals surface area (Å²) in [5.74, 6) is -1.67. The molecule has 0 atom stereocenters. The lowest BCUT2D eigenvalue weighted by molar-refractivity contribution is -0.199. The summed E-state index contributed by atoms with van der Waals surface area (Å²) in [7, 11) is 1.57. The van der Waals surface area contributed by atoms with E-state index in [-0.39, 0.29) is 47.8 Å². The van der Waals surface area contributed by atoms with Gasteiger partial charge in [-0.1, -0.05) is 81.0 Å². The van der Waals surface area contributed by atoms with Crippen LogP contribution in [0.15, 0.2) is 41.6 Å². The molecule has 1 aromatic heterocycles. The van der Waals surface area contributed by atoms with Gasteiger partial charge >= 0.3 is 5.97 Å². The summed E-state index contributed by atoms with van der Waals surface area (Å²) in [6, 6.07) is 5.88. The number of pyridine rings is 1. The van der Waals surface area contributed by atoms with Gasteiger partial charge in [0.25, 0.3) is 23.6 Å². The Balaban J connectivity index is 0. The first kappa shape index (κ1) is 47.2. The van der Waals surface area contributed by atoms with Gasteiger partial charge in [0.15, 0.2) is 8.87 Å². The van der Waals surface area contributed by atoms with E-state index in [0.717, 1.165) is 15.8 Å². The number of nitrogens with zero attached hydrogens (tertiary/aromatic N) is 3. The molecule has 4 amide bonds. The molecule has 1 saturated heterocycles. The van der Waals surface area contributed by atoms with Crippen LogP contribution in [0.2, 0.25) is 0 Å². The van der Waals surface area contributed by atoms with E-state index in [9.17, 15) is 37.2 Å². The van der Waals surface area contributed by atoms with Crippen molar-refractivity contribution in [2.75, 3.05) is 16.9 Å². The first-order valence-electron chi connectivity index (χ1n) is 14.4. The van der Waals surface area contributed by atoms with E-state index in [1.807, 2.05) is 66.0 Å². The van der Waals surface area contributed by atoms with Crippen LogP contribution in [-0.4, -0.2) is 87.0 Å². The van der Waals surface area contributed by atoms with E-state index in [1.165, 1.54) is 23.3 Å². The molecule has 0 aromatic carbocycles. The number of halogens is 1. The molecule has 0 spiro atoms. The van der Waals surface area contributed by atoms with Crippen molar-refractivity contribution in [3.63, 3.8) is 0 Å². The molecule has 0 bridgehead atoms. The quantitative estimate of drug-likeness (QED) is 0.128. The Morgan fingerprint density at radius 3 is 1.68 bits per heavy atom. The number of hydroxylamine groups is 2. The highest BCUT2D eigenvalue weighted by Gasteiger charge is 2.33. The van der Waals surface area contributed by atoms with Crippen molar-refractivity contribution in [2.24, 2.45) is 11.8 Å². The van der Waals surface area contributed by atoms with Crippen molar-refractivity contribution in [3.8, 4) is 0 Å². The SMILES string of the molecule is CC(C)C(=O)CI.CC(C)C(=O)ON1C(=O)CCC1=O.CC(C)N1C(=O)C=CC1=O.CC(C)SS(C)(=O)=O.CSSc1ccccn1. The van der Waals surface area contributed by atoms with Gasteiger partial charge in [-0.3, -0.25) is 28.9 Å². The Labute approximate surface area is 304 Å². The van der Waals surface area contributed by atoms with Crippen molar-refractivity contribution in [1.29, 1.82) is 0 Å². The lowest BCUT2D eigenvalue weighted by atomic mass is 10.1. The number of carbonyl (C=O) groups excluding carboxylic acids is 6. The topological polar surface area (TPSA) is 165 Å². The predicted molar refractivity (Wildman–Crippen MR) is 198 cm³/mol. The molecule has 12 nitrogen and oxygen atoms in total. The summed E-state index contributed by atoms with van der Waals surface area (Å²) < 4.78 is 21.5. The smallest absolute Gasteiger partial charge is 0.330 e. The van der Waals surface area contributed by atoms with Crippen molar-refractivity contribution in [1.82, 2.24) is 14.9 Å². The molecule has 0 N–H and O–H groups in total. The maximum atomic E-state index is 11.0. The standard InChI is InChI=1S/C8H11NO4.C7H9NO2.C6H7NS2.C5H9IO.C4H10O2S2/c1-5(2)8(12)13-9-6(10)3-4-7(9)11;1-5(2)8-6(9)3-4-7(8)10;1-8-9-6-4-2-3-5-7-6;1-4(2)5(7)3-6;1-4(2)7-8(3,5)6/h5H,3-4H2,1-2H3;3-5H,1-2H3;2-5H,1H3;4H,3H2,1-2H3;4H,1-3H3. The first-order valence-corrected chi connectivity index (χ1v) is 21.8. The van der Waals surface area contributed by atoms with E-state index in [4.69, 9.17) is 0 Å². The number of hydrogen-bond acceptors (Lipinski definition) is 13. The van der Waals surface area contributed by atoms with Gasteiger partial charge in [0, 0.05) is 54.7 Å². The van der Waals surface area contributed by atoms with E-state index >= 15 is 0 Å². The van der Waals surface area contributed by atoms with Crippen LogP contribution in [0.25, 0.3) is 0 Å². The first-order chi connectivity index (χ1) is 21.7. The number of alkyl halides is 1. The molecular weight excluding hydrogens is 802 g/mol. The third-order valence-corrected chi connectivity index (χ3v) is 10.2. The van der Waals surface area contributed by atoms with Crippen LogP contribution in [0.4, 0.5) is 0 Å². The second kappa shape index (κ2) is 25.1. The maximum Gasteiger partial charge on any atom is 0.335 e. The Hall–Kier alpha value is -1.96. The zero-order valence-corrected chi connectivity index (χ0v) is 33.8. The average molecular weight is 848 g/mol. The molecule has 0 radical (unpaired) electrons. The summed E-state index contributed by atoms with van der Waals surface area (Å²) in [5, 5.41) is 1.80. The van der Waals surface area contributed by atoms with Gasteiger partial charge in [0.2, 0.25) is 0 Å². The summed E-state index contributed by atoms with van der Waals surface area (Å²) in [5.41, 5.74) is 0. The number of hydrogen-bond donors (Lipinski definition) is 0. The molecule has 47 heavy (non-hydrogen) atoms. The van der Waals surface area contributed by atoms with Crippen LogP contribution < -0.4 is 0 Å². The minimum Gasteiger partial charge on any atom is -0.330 e. The zero-order chi connectivity index (χ0) is 36.9. The van der Waals surface area contributed by atoms with E-state index < -0.39 is 26.7 Å². The number of rotatable bonds is 9. The van der Waals surface area contributed by atoms with Gasteiger partial charge in [-0.25, -0.2) is 18.2 Å². The molecule has 1 aromatic rings. The highest BCUT2D eigenvalue weighted by molar-refractivity contribution is 14.1. The van der Waals surface area contributed by atoms with Crippen LogP contribution in [0, 0.1) is 11.8 Å². The summed E-state index contributed by atoms with van der Waals surface area (Å²) in [6.45, 7) is 14.4. The molecular formula is C30H46IN3O9S4. The van der Waals surface area contributed by atoms with Gasteiger partial charge < -0.3 is 4.84 Å². The summed E-state index contributed by atoms with van der Waals surface area (Å²) in [4.78, 5) is 75.1. The average Bonchev–Trinajstić information content (AvgIpc) is 3.48. The molecule has 2 aliphatic rings. The van der Waals surface area contributed by atoms with Gasteiger partial charge in [0.05, 0.1) is 10.3 Å². The van der Waals surface area contributed by atoms with E-state index in [2.05, 4.69) is 32.4 Å². The normalized spacial score (nSPS) is 13.9. The Bertz CT molecular complexity index is 1270. The molecule has 266 valence electrons. The van der Waals surface area contributed by atoms with Crippen LogP contribution in [0.5, 0.6) is 0 Å². The Morgan fingerprint density at radius 2 is 1.43 bits per heavy atom. The van der Waals surface area contributed by atoms with E-state index in [0.29, 0.717) is 15.3 Å². The highest BCUT2D eigenvalue weighted by Crippen LogP contribution is 2.25. The molecule has 0 unspecified atom stereocenters. The number of aromatic nitrogens is 1. The molecule has 1 fully saturated rings. The predicted octanol–water partition coefficient (Wildman–Crippen LogP) is 5.76. The maximum absolute atomic E-state index is 11.0. The van der Waals surface area contributed by atoms with Crippen molar-refractivity contribution in [3.05, 3.63) is 36.5 Å². The third-order valence-electron chi connectivity index (χ3n) is 4.97.